The van der Waals surface area contributed by atoms with Crippen LogP contribution in [0.2, 0.25) is 0 Å². The van der Waals surface area contributed by atoms with Crippen molar-refractivity contribution in [1.82, 2.24) is 0 Å². The van der Waals surface area contributed by atoms with Gasteiger partial charge in [-0.2, -0.15) is 8.42 Å². The summed E-state index contributed by atoms with van der Waals surface area (Å²) in [4.78, 5) is 0. The lowest BCUT2D eigenvalue weighted by molar-refractivity contribution is 0.363. The van der Waals surface area contributed by atoms with E-state index in [0.717, 1.165) is 0 Å². The van der Waals surface area contributed by atoms with Gasteiger partial charge >= 0.3 is 11.6 Å². The summed E-state index contributed by atoms with van der Waals surface area (Å²) >= 11 is -0.750. The third-order valence-corrected chi connectivity index (χ3v) is 1.28. The van der Waals surface area contributed by atoms with Gasteiger partial charge < -0.3 is 0 Å². The van der Waals surface area contributed by atoms with Crippen molar-refractivity contribution in [2.45, 2.75) is 47.0 Å². The van der Waals surface area contributed by atoms with Gasteiger partial charge in [0, 0.05) is 0 Å². The molecule has 0 aliphatic carbocycles. The van der Waals surface area contributed by atoms with Crippen LogP contribution in [0.1, 0.15) is 47.0 Å². The molecule has 2 nitrogen and oxygen atoms in total. The zero-order valence-corrected chi connectivity index (χ0v) is 8.66. The predicted molar refractivity (Wildman–Crippen MR) is 47.9 cm³/mol. The molecule has 0 aromatic rings. The van der Waals surface area contributed by atoms with Gasteiger partial charge in [-0.15, -0.1) is 0 Å². The van der Waals surface area contributed by atoms with Gasteiger partial charge in [-0.1, -0.05) is 40.5 Å². The van der Waals surface area contributed by atoms with Crippen molar-refractivity contribution in [3.63, 3.8) is 0 Å². The average Bonchev–Trinajstić information content (AvgIpc) is 1.84. The van der Waals surface area contributed by atoms with Crippen molar-refractivity contribution in [2.75, 3.05) is 0 Å². The number of hydrogen-bond donors (Lipinski definition) is 0. The van der Waals surface area contributed by atoms with Crippen molar-refractivity contribution >= 4 is 11.6 Å². The summed E-state index contributed by atoms with van der Waals surface area (Å²) < 4.78 is 16.6. The maximum atomic E-state index is 8.29. The summed E-state index contributed by atoms with van der Waals surface area (Å²) in [6.45, 7) is 9.12. The normalized spacial score (nSPS) is 9.82. The van der Waals surface area contributed by atoms with Crippen molar-refractivity contribution in [3.8, 4) is 0 Å². The van der Waals surface area contributed by atoms with Crippen molar-refractivity contribution in [3.05, 3.63) is 0 Å². The Kier molecular flexibility index (Phi) is 9.66. The van der Waals surface area contributed by atoms with Crippen LogP contribution in [0.5, 0.6) is 0 Å². The second-order valence-electron chi connectivity index (χ2n) is 3.73. The highest BCUT2D eigenvalue weighted by Gasteiger charge is 2.07. The summed E-state index contributed by atoms with van der Waals surface area (Å²) in [6, 6.07) is 0. The Balaban J connectivity index is 0. The van der Waals surface area contributed by atoms with E-state index in [-0.39, 0.29) is 0 Å². The molecule has 0 bridgehead atoms. The molecule has 0 heterocycles. The van der Waals surface area contributed by atoms with Gasteiger partial charge in [0.15, 0.2) is 0 Å². The van der Waals surface area contributed by atoms with Crippen molar-refractivity contribution in [1.29, 1.82) is 0 Å². The molecule has 0 unspecified atom stereocenters. The maximum absolute atomic E-state index is 8.29. The Bertz CT molecular complexity index is 110. The number of unbranched alkanes of at least 4 members (excludes halogenated alkanes) is 1. The SMILES string of the molecule is CCCCC(C)(C)C.O=S=O. The molecule has 0 saturated carbocycles. The van der Waals surface area contributed by atoms with Gasteiger partial charge in [0.05, 0.1) is 0 Å². The first-order valence-electron chi connectivity index (χ1n) is 3.89. The van der Waals surface area contributed by atoms with Crippen LogP contribution in [-0.4, -0.2) is 8.42 Å². The smallest absolute Gasteiger partial charge is 0.168 e. The monoisotopic (exact) mass is 178 g/mol. The highest BCUT2D eigenvalue weighted by molar-refractivity contribution is 7.51. The predicted octanol–water partition coefficient (Wildman–Crippen LogP) is 2.55. The zero-order valence-electron chi connectivity index (χ0n) is 7.85. The Morgan fingerprint density at radius 3 is 1.64 bits per heavy atom. The largest absolute Gasteiger partial charge is 0.335 e. The average molecular weight is 178 g/mol. The van der Waals surface area contributed by atoms with Crippen LogP contribution in [-0.2, 0) is 11.6 Å². The van der Waals surface area contributed by atoms with Gasteiger partial charge in [-0.05, 0) is 11.8 Å². The van der Waals surface area contributed by atoms with E-state index >= 15 is 0 Å². The Hall–Kier alpha value is -0.180. The van der Waals surface area contributed by atoms with E-state index in [4.69, 9.17) is 8.42 Å². The van der Waals surface area contributed by atoms with Crippen LogP contribution >= 0.6 is 0 Å². The molecule has 11 heavy (non-hydrogen) atoms. The molecular formula is C8H18O2S. The molecule has 0 rings (SSSR count). The molecule has 0 aliphatic heterocycles. The molecule has 0 aromatic carbocycles. The van der Waals surface area contributed by atoms with Crippen LogP contribution in [0.15, 0.2) is 0 Å². The van der Waals surface area contributed by atoms with Crippen LogP contribution in [0.3, 0.4) is 0 Å². The standard InChI is InChI=1S/C8H18.O2S/c1-5-6-7-8(2,3)4;1-3-2/h5-7H2,1-4H3;. The third-order valence-electron chi connectivity index (χ3n) is 1.28. The molecular weight excluding hydrogens is 160 g/mol. The van der Waals surface area contributed by atoms with Gasteiger partial charge in [0.1, 0.15) is 0 Å². The fourth-order valence-electron chi connectivity index (χ4n) is 0.707. The molecule has 0 amide bonds. The zero-order chi connectivity index (χ0) is 9.33. The van der Waals surface area contributed by atoms with E-state index < -0.39 is 11.6 Å². The van der Waals surface area contributed by atoms with Crippen LogP contribution in [0, 0.1) is 5.41 Å². The molecule has 68 valence electrons. The molecule has 0 atom stereocenters. The van der Waals surface area contributed by atoms with E-state index in [1.807, 2.05) is 0 Å². The highest BCUT2D eigenvalue weighted by Crippen LogP contribution is 2.20. The van der Waals surface area contributed by atoms with E-state index in [1.54, 1.807) is 0 Å². The second-order valence-corrected chi connectivity index (χ2v) is 3.87. The summed E-state index contributed by atoms with van der Waals surface area (Å²) in [7, 11) is 0. The van der Waals surface area contributed by atoms with E-state index in [2.05, 4.69) is 27.7 Å². The lowest BCUT2D eigenvalue weighted by Gasteiger charge is -2.16. The Labute approximate surface area is 73.0 Å². The van der Waals surface area contributed by atoms with Crippen LogP contribution < -0.4 is 0 Å². The minimum Gasteiger partial charge on any atom is -0.168 e. The minimum absolute atomic E-state index is 0.552. The van der Waals surface area contributed by atoms with Gasteiger partial charge in [-0.25, -0.2) is 0 Å². The minimum atomic E-state index is -0.750. The Morgan fingerprint density at radius 1 is 1.18 bits per heavy atom. The Morgan fingerprint density at radius 2 is 1.55 bits per heavy atom. The van der Waals surface area contributed by atoms with Gasteiger partial charge in [-0.3, -0.25) is 0 Å². The topological polar surface area (TPSA) is 34.1 Å². The highest BCUT2D eigenvalue weighted by atomic mass is 32.1. The third kappa shape index (κ3) is 25.8. The van der Waals surface area contributed by atoms with Crippen molar-refractivity contribution in [2.24, 2.45) is 5.41 Å². The fraction of sp³-hybridized carbons (Fsp3) is 1.00. The molecule has 0 saturated heterocycles. The second kappa shape index (κ2) is 7.92. The van der Waals surface area contributed by atoms with Gasteiger partial charge in [0.25, 0.3) is 0 Å². The first kappa shape index (κ1) is 13.4. The molecule has 0 aliphatic rings. The van der Waals surface area contributed by atoms with E-state index in [9.17, 15) is 0 Å². The number of rotatable bonds is 2. The van der Waals surface area contributed by atoms with Crippen LogP contribution in [0.25, 0.3) is 0 Å². The van der Waals surface area contributed by atoms with Gasteiger partial charge in [0.2, 0.25) is 0 Å². The quantitative estimate of drug-likeness (QED) is 0.651. The molecule has 0 aromatic heterocycles. The van der Waals surface area contributed by atoms with E-state index in [1.165, 1.54) is 19.3 Å². The summed E-state index contributed by atoms with van der Waals surface area (Å²) in [5.74, 6) is 0. The molecule has 0 spiro atoms. The lowest BCUT2D eigenvalue weighted by atomic mass is 9.90. The summed E-state index contributed by atoms with van der Waals surface area (Å²) in [5, 5.41) is 0. The molecule has 0 fully saturated rings. The fourth-order valence-corrected chi connectivity index (χ4v) is 0.707. The first-order valence-corrected chi connectivity index (χ1v) is 4.56. The van der Waals surface area contributed by atoms with Crippen molar-refractivity contribution < 1.29 is 8.42 Å². The molecule has 0 radical (unpaired) electrons. The van der Waals surface area contributed by atoms with Crippen LogP contribution in [0.4, 0.5) is 0 Å². The summed E-state index contributed by atoms with van der Waals surface area (Å²) in [6.07, 6.45) is 4.07. The summed E-state index contributed by atoms with van der Waals surface area (Å²) in [5.41, 5.74) is 0.552. The van der Waals surface area contributed by atoms with E-state index in [0.29, 0.717) is 5.41 Å². The molecule has 3 heteroatoms. The number of hydrogen-bond acceptors (Lipinski definition) is 2. The maximum Gasteiger partial charge on any atom is 0.335 e. The lowest BCUT2D eigenvalue weighted by Crippen LogP contribution is -2.03. The first-order chi connectivity index (χ1) is 4.97. The molecule has 0 N–H and O–H groups in total.